The number of aliphatic hydroxyl groups is 1. The molecular weight excluding hydrogens is 466 g/mol. The summed E-state index contributed by atoms with van der Waals surface area (Å²) < 4.78 is 16.6. The van der Waals surface area contributed by atoms with Crippen LogP contribution >= 0.6 is 0 Å². The number of carbonyl (C=O) groups excluding carboxylic acids is 3. The van der Waals surface area contributed by atoms with Crippen molar-refractivity contribution >= 4 is 17.7 Å². The van der Waals surface area contributed by atoms with Crippen LogP contribution in [0, 0.1) is 5.92 Å². The van der Waals surface area contributed by atoms with Crippen molar-refractivity contribution < 1.29 is 33.7 Å². The van der Waals surface area contributed by atoms with Crippen LogP contribution in [0.15, 0.2) is 12.1 Å². The smallest absolute Gasteiger partial charge is 0.243 e. The van der Waals surface area contributed by atoms with Gasteiger partial charge in [-0.1, -0.05) is 19.3 Å². The van der Waals surface area contributed by atoms with Gasteiger partial charge >= 0.3 is 0 Å². The molecule has 4 N–H and O–H groups in total. The van der Waals surface area contributed by atoms with Crippen LogP contribution in [0.25, 0.3) is 0 Å². The topological polar surface area (TPSA) is 140 Å². The summed E-state index contributed by atoms with van der Waals surface area (Å²) in [6.07, 6.45) is 7.07. The van der Waals surface area contributed by atoms with Crippen molar-refractivity contribution in [2.45, 2.75) is 69.4 Å². The van der Waals surface area contributed by atoms with Crippen molar-refractivity contribution in [3.63, 3.8) is 0 Å². The fourth-order valence-corrected chi connectivity index (χ4v) is 5.49. The van der Waals surface area contributed by atoms with Crippen molar-refractivity contribution in [1.29, 1.82) is 0 Å². The summed E-state index contributed by atoms with van der Waals surface area (Å²) in [5.74, 6) is -0.412. The zero-order chi connectivity index (χ0) is 26.2. The van der Waals surface area contributed by atoms with Crippen LogP contribution in [0.2, 0.25) is 0 Å². The zero-order valence-electron chi connectivity index (χ0n) is 21.5. The number of hydrogen-bond acceptors (Lipinski definition) is 7. The maximum Gasteiger partial charge on any atom is 0.243 e. The largest absolute Gasteiger partial charge is 0.493 e. The van der Waals surface area contributed by atoms with Gasteiger partial charge in [0.15, 0.2) is 11.5 Å². The van der Waals surface area contributed by atoms with E-state index in [-0.39, 0.29) is 11.8 Å². The minimum Gasteiger partial charge on any atom is -0.493 e. The molecule has 1 saturated heterocycles. The van der Waals surface area contributed by atoms with Gasteiger partial charge in [0.25, 0.3) is 0 Å². The Morgan fingerprint density at radius 3 is 2.14 bits per heavy atom. The molecule has 36 heavy (non-hydrogen) atoms. The molecule has 3 rings (SSSR count). The van der Waals surface area contributed by atoms with E-state index < -0.39 is 36.4 Å². The first-order valence-electron chi connectivity index (χ1n) is 12.7. The lowest BCUT2D eigenvalue weighted by Crippen LogP contribution is -2.57. The van der Waals surface area contributed by atoms with Crippen LogP contribution in [-0.4, -0.2) is 74.3 Å². The van der Waals surface area contributed by atoms with Crippen LogP contribution in [-0.2, 0) is 14.4 Å². The molecular formula is C26H39N3O7. The number of ether oxygens (including phenoxy) is 3. The van der Waals surface area contributed by atoms with E-state index in [4.69, 9.17) is 19.9 Å². The van der Waals surface area contributed by atoms with E-state index in [0.717, 1.165) is 50.5 Å². The van der Waals surface area contributed by atoms with Gasteiger partial charge in [-0.3, -0.25) is 14.4 Å². The van der Waals surface area contributed by atoms with Crippen LogP contribution < -0.4 is 25.3 Å². The van der Waals surface area contributed by atoms with Gasteiger partial charge in [-0.2, -0.15) is 0 Å². The summed E-state index contributed by atoms with van der Waals surface area (Å²) in [6.45, 7) is -0.164. The molecule has 10 heteroatoms. The van der Waals surface area contributed by atoms with Crippen LogP contribution in [0.1, 0.15) is 62.8 Å². The van der Waals surface area contributed by atoms with E-state index in [0.29, 0.717) is 30.2 Å². The summed E-state index contributed by atoms with van der Waals surface area (Å²) in [4.78, 5) is 40.6. The van der Waals surface area contributed by atoms with E-state index in [2.05, 4.69) is 5.32 Å². The second-order valence-corrected chi connectivity index (χ2v) is 9.52. The molecule has 0 aromatic heterocycles. The van der Waals surface area contributed by atoms with Crippen molar-refractivity contribution in [3.05, 3.63) is 17.7 Å². The van der Waals surface area contributed by atoms with E-state index in [1.165, 1.54) is 7.11 Å². The Kier molecular flexibility index (Phi) is 9.81. The van der Waals surface area contributed by atoms with Crippen molar-refractivity contribution in [2.75, 3.05) is 34.5 Å². The number of hydrogen-bond donors (Lipinski definition) is 3. The maximum atomic E-state index is 14.2. The average molecular weight is 506 g/mol. The summed E-state index contributed by atoms with van der Waals surface area (Å²) in [7, 11) is 4.62. The standard InChI is InChI=1S/C26H39N3O7/c1-34-20-13-17(14-21(35-2)23(20)36-3)22(16-9-5-4-6-10-16)26(33)29-12-8-7-11-19(29)25(32)28-18(15-30)24(27)31/h13-14,16,18-19,22,30H,4-12,15H2,1-3H3,(H2,27,31)(H,28,32)/t18-,19+,22?/m1/s1. The van der Waals surface area contributed by atoms with Crippen LogP contribution in [0.3, 0.4) is 0 Å². The quantitative estimate of drug-likeness (QED) is 0.440. The molecule has 1 unspecified atom stereocenters. The molecule has 1 heterocycles. The first-order valence-corrected chi connectivity index (χ1v) is 12.7. The fraction of sp³-hybridized carbons (Fsp3) is 0.654. The Morgan fingerprint density at radius 1 is 1.00 bits per heavy atom. The van der Waals surface area contributed by atoms with Gasteiger partial charge in [-0.25, -0.2) is 0 Å². The van der Waals surface area contributed by atoms with Gasteiger partial charge < -0.3 is 35.3 Å². The average Bonchev–Trinajstić information content (AvgIpc) is 2.91. The summed E-state index contributed by atoms with van der Waals surface area (Å²) >= 11 is 0. The number of benzene rings is 1. The highest BCUT2D eigenvalue weighted by molar-refractivity contribution is 5.93. The molecule has 1 saturated carbocycles. The number of nitrogens with zero attached hydrogens (tertiary/aromatic N) is 1. The third-order valence-corrected chi connectivity index (χ3v) is 7.36. The third-order valence-electron chi connectivity index (χ3n) is 7.36. The van der Waals surface area contributed by atoms with Crippen LogP contribution in [0.5, 0.6) is 17.2 Å². The second-order valence-electron chi connectivity index (χ2n) is 9.52. The SMILES string of the molecule is COc1cc(C(C(=O)N2CCCC[C@H]2C(=O)N[C@H](CO)C(N)=O)C2CCCCC2)cc(OC)c1OC. The number of nitrogens with two attached hydrogens (primary N) is 1. The number of aliphatic hydroxyl groups excluding tert-OH is 1. The van der Waals surface area contributed by atoms with Crippen LogP contribution in [0.4, 0.5) is 0 Å². The van der Waals surface area contributed by atoms with Gasteiger partial charge in [0, 0.05) is 6.54 Å². The van der Waals surface area contributed by atoms with Crippen molar-refractivity contribution in [1.82, 2.24) is 10.2 Å². The highest BCUT2D eigenvalue weighted by Gasteiger charge is 2.40. The second kappa shape index (κ2) is 12.8. The van der Waals surface area contributed by atoms with E-state index in [9.17, 15) is 19.5 Å². The molecule has 3 amide bonds. The molecule has 0 spiro atoms. The normalized spacial score (nSPS) is 20.2. The Morgan fingerprint density at radius 2 is 1.61 bits per heavy atom. The molecule has 1 aromatic rings. The lowest BCUT2D eigenvalue weighted by Gasteiger charge is -2.40. The minimum absolute atomic E-state index is 0.107. The number of methoxy groups -OCH3 is 3. The van der Waals surface area contributed by atoms with E-state index in [1.807, 2.05) is 12.1 Å². The van der Waals surface area contributed by atoms with Gasteiger partial charge in [-0.15, -0.1) is 0 Å². The summed E-state index contributed by atoms with van der Waals surface area (Å²) in [5, 5.41) is 12.0. The first kappa shape index (κ1) is 27.6. The molecule has 0 radical (unpaired) electrons. The number of amides is 3. The predicted molar refractivity (Wildman–Crippen MR) is 133 cm³/mol. The lowest BCUT2D eigenvalue weighted by atomic mass is 9.75. The Bertz CT molecular complexity index is 907. The highest BCUT2D eigenvalue weighted by Crippen LogP contribution is 2.45. The molecule has 3 atom stereocenters. The molecule has 2 aliphatic rings. The number of piperidine rings is 1. The van der Waals surface area contributed by atoms with E-state index >= 15 is 0 Å². The van der Waals surface area contributed by atoms with E-state index in [1.54, 1.807) is 19.1 Å². The Balaban J connectivity index is 1.99. The fourth-order valence-electron chi connectivity index (χ4n) is 5.49. The third kappa shape index (κ3) is 6.03. The Labute approximate surface area is 212 Å². The number of rotatable bonds is 10. The molecule has 10 nitrogen and oxygen atoms in total. The molecule has 2 fully saturated rings. The van der Waals surface area contributed by atoms with Gasteiger partial charge in [-0.05, 0) is 55.7 Å². The molecule has 200 valence electrons. The molecule has 1 aromatic carbocycles. The number of likely N-dealkylation sites (tertiary alicyclic amines) is 1. The van der Waals surface area contributed by atoms with Crippen molar-refractivity contribution in [3.8, 4) is 17.2 Å². The van der Waals surface area contributed by atoms with Gasteiger partial charge in [0.05, 0.1) is 33.9 Å². The first-order chi connectivity index (χ1) is 17.4. The molecule has 0 bridgehead atoms. The van der Waals surface area contributed by atoms with Gasteiger partial charge in [0.2, 0.25) is 23.5 Å². The summed E-state index contributed by atoms with van der Waals surface area (Å²) in [6, 6.07) is 1.71. The van der Waals surface area contributed by atoms with Gasteiger partial charge in [0.1, 0.15) is 12.1 Å². The zero-order valence-corrected chi connectivity index (χ0v) is 21.5. The number of primary amides is 1. The summed E-state index contributed by atoms with van der Waals surface area (Å²) in [5.41, 5.74) is 6.05. The molecule has 1 aliphatic heterocycles. The molecule has 1 aliphatic carbocycles. The monoisotopic (exact) mass is 505 g/mol. The Hall–Kier alpha value is -3.01. The lowest BCUT2D eigenvalue weighted by molar-refractivity contribution is -0.145. The predicted octanol–water partition coefficient (Wildman–Crippen LogP) is 1.72. The van der Waals surface area contributed by atoms with Crippen molar-refractivity contribution in [2.24, 2.45) is 11.7 Å². The maximum absolute atomic E-state index is 14.2. The minimum atomic E-state index is -1.19. The highest BCUT2D eigenvalue weighted by atomic mass is 16.5. The number of nitrogens with one attached hydrogen (secondary N) is 1. The number of carbonyl (C=O) groups is 3.